The Morgan fingerprint density at radius 3 is 2.83 bits per heavy atom. The van der Waals surface area contributed by atoms with Crippen molar-refractivity contribution in [3.63, 3.8) is 0 Å². The third-order valence-electron chi connectivity index (χ3n) is 1.63. The van der Waals surface area contributed by atoms with Crippen LogP contribution in [0.1, 0.15) is 5.56 Å². The smallest absolute Gasteiger partial charge is 0.108 e. The van der Waals surface area contributed by atoms with Crippen LogP contribution in [0.4, 0.5) is 0 Å². The Balaban J connectivity index is 2.88. The minimum atomic E-state index is 0.801. The summed E-state index contributed by atoms with van der Waals surface area (Å²) in [6.07, 6.45) is 8.45. The molecular weight excluding hydrogens is 150 g/mol. The maximum absolute atomic E-state index is 4.18. The molecule has 0 saturated heterocycles. The Morgan fingerprint density at radius 2 is 2.00 bits per heavy atom. The molecule has 0 aliphatic heterocycles. The first-order chi connectivity index (χ1) is 5.92. The molecule has 0 aliphatic carbocycles. The van der Waals surface area contributed by atoms with Crippen LogP contribution in [-0.4, -0.2) is 15.0 Å². The van der Waals surface area contributed by atoms with Gasteiger partial charge in [0.2, 0.25) is 0 Å². The summed E-state index contributed by atoms with van der Waals surface area (Å²) in [6, 6.07) is 0. The van der Waals surface area contributed by atoms with Crippen molar-refractivity contribution in [2.24, 2.45) is 0 Å². The normalized spacial score (nSPS) is 10.0. The summed E-state index contributed by atoms with van der Waals surface area (Å²) in [6.45, 7) is 3.67. The van der Waals surface area contributed by atoms with Crippen LogP contribution in [-0.2, 0) is 0 Å². The van der Waals surface area contributed by atoms with Crippen molar-refractivity contribution < 1.29 is 0 Å². The molecule has 0 atom stereocenters. The Kier molecular flexibility index (Phi) is 1.55. The van der Waals surface area contributed by atoms with E-state index in [9.17, 15) is 0 Å². The van der Waals surface area contributed by atoms with E-state index in [0.717, 1.165) is 16.6 Å². The summed E-state index contributed by atoms with van der Waals surface area (Å²) in [7, 11) is 0. The first-order valence-electron chi connectivity index (χ1n) is 3.59. The number of nitrogens with zero attached hydrogens (tertiary/aromatic N) is 3. The van der Waals surface area contributed by atoms with Gasteiger partial charge in [-0.2, -0.15) is 0 Å². The average Bonchev–Trinajstić information content (AvgIpc) is 2.17. The summed E-state index contributed by atoms with van der Waals surface area (Å²) in [5.74, 6) is 0. The minimum absolute atomic E-state index is 0.801. The van der Waals surface area contributed by atoms with Crippen molar-refractivity contribution in [1.82, 2.24) is 15.0 Å². The summed E-state index contributed by atoms with van der Waals surface area (Å²) < 4.78 is 0. The molecule has 58 valence electrons. The van der Waals surface area contributed by atoms with Crippen LogP contribution in [0, 0.1) is 0 Å². The van der Waals surface area contributed by atoms with Crippen molar-refractivity contribution in [3.05, 3.63) is 36.9 Å². The van der Waals surface area contributed by atoms with Crippen LogP contribution in [0.2, 0.25) is 0 Å². The van der Waals surface area contributed by atoms with E-state index in [4.69, 9.17) is 0 Å². The number of hydrogen-bond donors (Lipinski definition) is 0. The van der Waals surface area contributed by atoms with E-state index >= 15 is 0 Å². The number of fused-ring (bicyclic) bond motifs is 1. The van der Waals surface area contributed by atoms with Crippen LogP contribution < -0.4 is 0 Å². The van der Waals surface area contributed by atoms with E-state index in [-0.39, 0.29) is 0 Å². The van der Waals surface area contributed by atoms with Gasteiger partial charge in [0.15, 0.2) is 0 Å². The zero-order chi connectivity index (χ0) is 8.39. The lowest BCUT2D eigenvalue weighted by molar-refractivity contribution is 1.24. The zero-order valence-electron chi connectivity index (χ0n) is 6.44. The topological polar surface area (TPSA) is 38.7 Å². The van der Waals surface area contributed by atoms with Crippen LogP contribution in [0.15, 0.2) is 31.4 Å². The molecule has 2 aromatic heterocycles. The number of pyridine rings is 1. The van der Waals surface area contributed by atoms with Gasteiger partial charge in [-0.15, -0.1) is 0 Å². The lowest BCUT2D eigenvalue weighted by Gasteiger charge is -1.97. The molecule has 0 spiro atoms. The van der Waals surface area contributed by atoms with Crippen molar-refractivity contribution in [2.45, 2.75) is 0 Å². The molecule has 2 rings (SSSR count). The molecule has 0 saturated carbocycles. The first-order valence-corrected chi connectivity index (χ1v) is 3.59. The molecule has 0 N–H and O–H groups in total. The quantitative estimate of drug-likeness (QED) is 0.632. The fourth-order valence-corrected chi connectivity index (χ4v) is 1.06. The predicted molar refractivity (Wildman–Crippen MR) is 47.4 cm³/mol. The molecule has 0 bridgehead atoms. The van der Waals surface area contributed by atoms with Gasteiger partial charge in [-0.05, 0) is 0 Å². The lowest BCUT2D eigenvalue weighted by Crippen LogP contribution is -1.86. The molecule has 0 aromatic carbocycles. The van der Waals surface area contributed by atoms with Gasteiger partial charge in [0, 0.05) is 24.2 Å². The van der Waals surface area contributed by atoms with E-state index in [0.29, 0.717) is 0 Å². The number of hydrogen-bond acceptors (Lipinski definition) is 3. The Hall–Kier alpha value is -1.77. The zero-order valence-corrected chi connectivity index (χ0v) is 6.44. The van der Waals surface area contributed by atoms with Gasteiger partial charge in [-0.25, -0.2) is 0 Å². The Bertz CT molecular complexity index is 418. The van der Waals surface area contributed by atoms with Crippen molar-refractivity contribution in [1.29, 1.82) is 0 Å². The molecule has 0 aliphatic rings. The molecule has 0 radical (unpaired) electrons. The first kappa shape index (κ1) is 6.91. The van der Waals surface area contributed by atoms with Gasteiger partial charge in [0.05, 0.1) is 11.7 Å². The number of aromatic nitrogens is 3. The third-order valence-corrected chi connectivity index (χ3v) is 1.63. The summed E-state index contributed by atoms with van der Waals surface area (Å²) >= 11 is 0. The largest absolute Gasteiger partial charge is 0.262 e. The van der Waals surface area contributed by atoms with Crippen molar-refractivity contribution in [3.8, 4) is 0 Å². The van der Waals surface area contributed by atoms with Gasteiger partial charge in [0.1, 0.15) is 5.52 Å². The van der Waals surface area contributed by atoms with Crippen LogP contribution in [0.25, 0.3) is 17.1 Å². The van der Waals surface area contributed by atoms with Gasteiger partial charge < -0.3 is 0 Å². The van der Waals surface area contributed by atoms with Crippen LogP contribution >= 0.6 is 0 Å². The van der Waals surface area contributed by atoms with Gasteiger partial charge in [-0.3, -0.25) is 15.0 Å². The maximum atomic E-state index is 4.18. The standard InChI is InChI=1S/C9H7N3/c1-2-7-5-10-6-8-9(7)12-4-3-11-8/h2-6H,1H2. The second-order valence-electron chi connectivity index (χ2n) is 2.36. The van der Waals surface area contributed by atoms with E-state index in [2.05, 4.69) is 21.5 Å². The summed E-state index contributed by atoms with van der Waals surface area (Å²) in [5, 5.41) is 0. The minimum Gasteiger partial charge on any atom is -0.262 e. The monoisotopic (exact) mass is 157 g/mol. The SMILES string of the molecule is C=Cc1cncc2nccnc12. The molecule has 2 heterocycles. The molecule has 0 amide bonds. The molecule has 0 unspecified atom stereocenters. The van der Waals surface area contributed by atoms with E-state index in [1.54, 1.807) is 30.9 Å². The fourth-order valence-electron chi connectivity index (χ4n) is 1.06. The molecule has 0 fully saturated rings. The van der Waals surface area contributed by atoms with E-state index < -0.39 is 0 Å². The van der Waals surface area contributed by atoms with Crippen LogP contribution in [0.3, 0.4) is 0 Å². The molecule has 3 nitrogen and oxygen atoms in total. The van der Waals surface area contributed by atoms with Crippen molar-refractivity contribution in [2.75, 3.05) is 0 Å². The highest BCUT2D eigenvalue weighted by atomic mass is 14.8. The van der Waals surface area contributed by atoms with Crippen molar-refractivity contribution >= 4 is 17.1 Å². The summed E-state index contributed by atoms with van der Waals surface area (Å²) in [4.78, 5) is 12.3. The molecular formula is C9H7N3. The van der Waals surface area contributed by atoms with Crippen LogP contribution in [0.5, 0.6) is 0 Å². The average molecular weight is 157 g/mol. The Labute approximate surface area is 69.8 Å². The highest BCUT2D eigenvalue weighted by Crippen LogP contribution is 2.11. The lowest BCUT2D eigenvalue weighted by atomic mass is 10.2. The molecule has 2 aromatic rings. The fraction of sp³-hybridized carbons (Fsp3) is 0. The predicted octanol–water partition coefficient (Wildman–Crippen LogP) is 1.67. The summed E-state index contributed by atoms with van der Waals surface area (Å²) in [5.41, 5.74) is 2.57. The van der Waals surface area contributed by atoms with Gasteiger partial charge >= 0.3 is 0 Å². The maximum Gasteiger partial charge on any atom is 0.108 e. The van der Waals surface area contributed by atoms with Gasteiger partial charge in [0.25, 0.3) is 0 Å². The molecule has 3 heteroatoms. The second kappa shape index (κ2) is 2.70. The van der Waals surface area contributed by atoms with Gasteiger partial charge in [-0.1, -0.05) is 12.7 Å². The van der Waals surface area contributed by atoms with E-state index in [1.165, 1.54) is 0 Å². The highest BCUT2D eigenvalue weighted by molar-refractivity contribution is 5.82. The number of rotatable bonds is 1. The Morgan fingerprint density at radius 1 is 1.17 bits per heavy atom. The molecule has 12 heavy (non-hydrogen) atoms. The second-order valence-corrected chi connectivity index (χ2v) is 2.36. The van der Waals surface area contributed by atoms with E-state index in [1.807, 2.05) is 0 Å². The highest BCUT2D eigenvalue weighted by Gasteiger charge is 1.98. The third kappa shape index (κ3) is 0.955.